The average molecular weight is 461 g/mol. The van der Waals surface area contributed by atoms with E-state index in [0.29, 0.717) is 5.69 Å². The maximum Gasteiger partial charge on any atom is 0.270 e. The molecule has 32 heavy (non-hydrogen) atoms. The maximum atomic E-state index is 13.1. The monoisotopic (exact) mass is 460 g/mol. The number of carbonyl (C=O) groups is 1. The summed E-state index contributed by atoms with van der Waals surface area (Å²) in [6, 6.07) is 10.2. The highest BCUT2D eigenvalue weighted by Crippen LogP contribution is 2.29. The highest BCUT2D eigenvalue weighted by molar-refractivity contribution is 7.89. The highest BCUT2D eigenvalue weighted by Gasteiger charge is 2.24. The molecule has 1 amide bonds. The van der Waals surface area contributed by atoms with Crippen LogP contribution in [0.3, 0.4) is 0 Å². The highest BCUT2D eigenvalue weighted by atomic mass is 32.2. The van der Waals surface area contributed by atoms with Crippen molar-refractivity contribution >= 4 is 33.0 Å². The first kappa shape index (κ1) is 23.7. The molecule has 9 nitrogen and oxygen atoms in total. The Morgan fingerprint density at radius 2 is 1.75 bits per heavy atom. The summed E-state index contributed by atoms with van der Waals surface area (Å²) < 4.78 is 27.8. The molecule has 2 aromatic rings. The lowest BCUT2D eigenvalue weighted by Crippen LogP contribution is -2.40. The zero-order valence-corrected chi connectivity index (χ0v) is 19.2. The molecular formula is C22H28N4O5S. The second kappa shape index (κ2) is 9.25. The van der Waals surface area contributed by atoms with Crippen molar-refractivity contribution in [2.24, 2.45) is 0 Å². The van der Waals surface area contributed by atoms with Crippen molar-refractivity contribution in [3.8, 4) is 0 Å². The van der Waals surface area contributed by atoms with E-state index in [2.05, 4.69) is 14.9 Å². The molecule has 172 valence electrons. The summed E-state index contributed by atoms with van der Waals surface area (Å²) in [5, 5.41) is 14.0. The number of hydrogen-bond acceptors (Lipinski definition) is 6. The Morgan fingerprint density at radius 3 is 2.38 bits per heavy atom. The smallest absolute Gasteiger partial charge is 0.270 e. The Hall–Kier alpha value is -2.98. The summed E-state index contributed by atoms with van der Waals surface area (Å²) in [5.74, 6) is -0.535. The molecule has 1 aliphatic rings. The second-order valence-electron chi connectivity index (χ2n) is 8.84. The number of nitro benzene ring substituents is 1. The fourth-order valence-electron chi connectivity index (χ4n) is 3.63. The van der Waals surface area contributed by atoms with Crippen molar-refractivity contribution in [3.63, 3.8) is 0 Å². The topological polar surface area (TPSA) is 122 Å². The van der Waals surface area contributed by atoms with Gasteiger partial charge >= 0.3 is 0 Å². The van der Waals surface area contributed by atoms with Gasteiger partial charge in [0, 0.05) is 36.4 Å². The third kappa shape index (κ3) is 5.83. The van der Waals surface area contributed by atoms with Crippen molar-refractivity contribution < 1.29 is 18.1 Å². The number of rotatable bonds is 6. The zero-order valence-electron chi connectivity index (χ0n) is 18.4. The molecule has 0 radical (unpaired) electrons. The van der Waals surface area contributed by atoms with E-state index in [1.807, 2.05) is 0 Å². The lowest BCUT2D eigenvalue weighted by Gasteiger charge is -2.30. The number of anilines is 2. The lowest BCUT2D eigenvalue weighted by atomic mass is 10.1. The number of piperidine rings is 1. The van der Waals surface area contributed by atoms with Gasteiger partial charge in [-0.25, -0.2) is 13.1 Å². The summed E-state index contributed by atoms with van der Waals surface area (Å²) in [5.41, 5.74) is 0.252. The molecule has 0 bridgehead atoms. The fraction of sp³-hybridized carbons (Fsp3) is 0.409. The first-order chi connectivity index (χ1) is 15.0. The minimum absolute atomic E-state index is 0.0144. The van der Waals surface area contributed by atoms with Gasteiger partial charge in [-0.2, -0.15) is 0 Å². The molecule has 0 aromatic heterocycles. The SMILES string of the molecule is CC(C)(C)NS(=O)(=O)c1cccc(NC(=O)c2cc([N+](=O)[O-])ccc2N2CCCCC2)c1. The van der Waals surface area contributed by atoms with Gasteiger partial charge in [-0.15, -0.1) is 0 Å². The van der Waals surface area contributed by atoms with Crippen LogP contribution in [0, 0.1) is 10.1 Å². The predicted octanol–water partition coefficient (Wildman–Crippen LogP) is 3.91. The number of hydrogen-bond donors (Lipinski definition) is 2. The Labute approximate surface area is 188 Å². The molecule has 2 aromatic carbocycles. The quantitative estimate of drug-likeness (QED) is 0.498. The molecule has 1 heterocycles. The van der Waals surface area contributed by atoms with Crippen LogP contribution in [-0.2, 0) is 10.0 Å². The summed E-state index contributed by atoms with van der Waals surface area (Å²) in [6.07, 6.45) is 3.08. The maximum absolute atomic E-state index is 13.1. The van der Waals surface area contributed by atoms with Gasteiger partial charge in [0.05, 0.1) is 21.1 Å². The van der Waals surface area contributed by atoms with Crippen LogP contribution < -0.4 is 14.9 Å². The van der Waals surface area contributed by atoms with Crippen molar-refractivity contribution in [2.75, 3.05) is 23.3 Å². The Morgan fingerprint density at radius 1 is 1.06 bits per heavy atom. The molecule has 1 saturated heterocycles. The van der Waals surface area contributed by atoms with Crippen molar-refractivity contribution in [1.82, 2.24) is 4.72 Å². The molecule has 1 aliphatic heterocycles. The summed E-state index contributed by atoms with van der Waals surface area (Å²) in [6.45, 7) is 6.75. The second-order valence-corrected chi connectivity index (χ2v) is 10.5. The number of nitrogens with zero attached hydrogens (tertiary/aromatic N) is 2. The van der Waals surface area contributed by atoms with Gasteiger partial charge < -0.3 is 10.2 Å². The van der Waals surface area contributed by atoms with E-state index in [1.165, 1.54) is 30.3 Å². The molecule has 0 atom stereocenters. The largest absolute Gasteiger partial charge is 0.371 e. The molecule has 2 N–H and O–H groups in total. The van der Waals surface area contributed by atoms with E-state index in [0.717, 1.165) is 32.4 Å². The molecule has 0 aliphatic carbocycles. The normalized spacial score (nSPS) is 14.8. The van der Waals surface area contributed by atoms with Crippen molar-refractivity contribution in [2.45, 2.75) is 50.5 Å². The van der Waals surface area contributed by atoms with Crippen molar-refractivity contribution in [1.29, 1.82) is 0 Å². The van der Waals surface area contributed by atoms with E-state index in [9.17, 15) is 23.3 Å². The third-order valence-electron chi connectivity index (χ3n) is 4.98. The van der Waals surface area contributed by atoms with Gasteiger partial charge in [-0.3, -0.25) is 14.9 Å². The summed E-state index contributed by atoms with van der Waals surface area (Å²) in [7, 11) is -3.78. The van der Waals surface area contributed by atoms with E-state index < -0.39 is 26.4 Å². The van der Waals surface area contributed by atoms with Crippen LogP contribution in [0.25, 0.3) is 0 Å². The molecule has 1 fully saturated rings. The molecule has 3 rings (SSSR count). The van der Waals surface area contributed by atoms with Crippen LogP contribution in [0.15, 0.2) is 47.4 Å². The van der Waals surface area contributed by atoms with Crippen LogP contribution >= 0.6 is 0 Å². The first-order valence-corrected chi connectivity index (χ1v) is 11.9. The fourth-order valence-corrected chi connectivity index (χ4v) is 5.10. The molecule has 0 saturated carbocycles. The van der Waals surface area contributed by atoms with Crippen LogP contribution in [-0.4, -0.2) is 37.9 Å². The van der Waals surface area contributed by atoms with E-state index in [-0.39, 0.29) is 21.8 Å². The van der Waals surface area contributed by atoms with Crippen LogP contribution in [0.1, 0.15) is 50.4 Å². The molecular weight excluding hydrogens is 432 g/mol. The molecule has 10 heteroatoms. The molecule has 0 unspecified atom stereocenters. The van der Waals surface area contributed by atoms with Gasteiger partial charge in [0.2, 0.25) is 10.0 Å². The Balaban J connectivity index is 1.91. The predicted molar refractivity (Wildman–Crippen MR) is 124 cm³/mol. The van der Waals surface area contributed by atoms with Gasteiger partial charge in [-0.05, 0) is 64.3 Å². The number of amides is 1. The van der Waals surface area contributed by atoms with Crippen LogP contribution in [0.5, 0.6) is 0 Å². The lowest BCUT2D eigenvalue weighted by molar-refractivity contribution is -0.384. The summed E-state index contributed by atoms with van der Waals surface area (Å²) >= 11 is 0. The Kier molecular flexibility index (Phi) is 6.85. The number of sulfonamides is 1. The van der Waals surface area contributed by atoms with Crippen LogP contribution in [0.2, 0.25) is 0 Å². The number of carbonyl (C=O) groups excluding carboxylic acids is 1. The number of benzene rings is 2. The zero-order chi connectivity index (χ0) is 23.5. The minimum atomic E-state index is -3.78. The van der Waals surface area contributed by atoms with Crippen LogP contribution in [0.4, 0.5) is 17.1 Å². The third-order valence-corrected chi connectivity index (χ3v) is 6.73. The van der Waals surface area contributed by atoms with Gasteiger partial charge in [-0.1, -0.05) is 6.07 Å². The standard InChI is InChI=1S/C22H28N4O5S/c1-22(2,3)24-32(30,31)18-9-7-8-16(14-18)23-21(27)19-15-17(26(28)29)10-11-20(19)25-12-5-4-6-13-25/h7-11,14-15,24H,4-6,12-13H2,1-3H3,(H,23,27). The number of nitro groups is 1. The number of nitrogens with one attached hydrogen (secondary N) is 2. The first-order valence-electron chi connectivity index (χ1n) is 10.4. The minimum Gasteiger partial charge on any atom is -0.371 e. The Bertz CT molecular complexity index is 1120. The molecule has 0 spiro atoms. The average Bonchev–Trinajstić information content (AvgIpc) is 2.72. The van der Waals surface area contributed by atoms with Gasteiger partial charge in [0.25, 0.3) is 11.6 Å². The number of non-ortho nitro benzene ring substituents is 1. The van der Waals surface area contributed by atoms with Gasteiger partial charge in [0.1, 0.15) is 0 Å². The summed E-state index contributed by atoms with van der Waals surface area (Å²) in [4.78, 5) is 25.9. The van der Waals surface area contributed by atoms with E-state index in [4.69, 9.17) is 0 Å². The van der Waals surface area contributed by atoms with Gasteiger partial charge in [0.15, 0.2) is 0 Å². The van der Waals surface area contributed by atoms with E-state index >= 15 is 0 Å². The van der Waals surface area contributed by atoms with E-state index in [1.54, 1.807) is 32.9 Å². The van der Waals surface area contributed by atoms with Crippen molar-refractivity contribution in [3.05, 3.63) is 58.1 Å².